The molecule has 2 N–H and O–H groups in total. The van der Waals surface area contributed by atoms with Gasteiger partial charge in [0.25, 0.3) is 10.1 Å². The van der Waals surface area contributed by atoms with Crippen molar-refractivity contribution in [2.24, 2.45) is 10.8 Å². The molecule has 27 heteroatoms. The number of azide groups is 1. The van der Waals surface area contributed by atoms with E-state index < -0.39 is 18.0 Å². The second-order valence-corrected chi connectivity index (χ2v) is 38.4. The molecule has 13 aromatic carbocycles. The first-order valence-electron chi connectivity index (χ1n) is 42.1. The second-order valence-electron chi connectivity index (χ2n) is 31.1. The molecular formula is C106H95ClF3N7NaO10PS4. The molecule has 672 valence electrons. The SMILES string of the molecule is Cc1ccc(S(=O)(=O)OCCOc2ccc(-c3c(C(=O)c4c(C)cc(F)cc4C)sc4cc(C)ccc34)cc2)cc1.Cc1ccc2c(-c3ccc(OCCN)cc3)c(C(=O)c3c(C)cc(F)cc3C)sc2c1.Cc1ccc2c(-c3ccc(OCCN=[N+]=[N-])cc3)c(C(=O)c3c(C)cc(F)cc3C)sc2c1.ClCC1CO1.[N-]=[N+]=[N-].[Na+].c1ccc(P(c2ccccc2)c2ccccc2)cc1. The molecule has 17 nitrogen and oxygen atoms in total. The van der Waals surface area contributed by atoms with Crippen molar-refractivity contribution in [3.05, 3.63) is 410 Å². The van der Waals surface area contributed by atoms with Crippen LogP contribution in [0.25, 0.3) is 90.1 Å². The van der Waals surface area contributed by atoms with Crippen molar-refractivity contribution in [2.75, 3.05) is 52.0 Å². The van der Waals surface area contributed by atoms with Crippen LogP contribution < -0.4 is 65.4 Å². The smallest absolute Gasteiger partial charge is 0.493 e. The molecule has 17 rings (SSSR count). The summed E-state index contributed by atoms with van der Waals surface area (Å²) in [7, 11) is -4.31. The van der Waals surface area contributed by atoms with Crippen LogP contribution in [0.15, 0.2) is 289 Å². The number of carbonyl (C=O) groups excluding carboxylic acids is 3. The van der Waals surface area contributed by atoms with Gasteiger partial charge >= 0.3 is 29.6 Å². The maximum atomic E-state index is 14.0. The van der Waals surface area contributed by atoms with Gasteiger partial charge in [-0.15, -0.1) is 45.6 Å². The molecule has 133 heavy (non-hydrogen) atoms. The first-order valence-corrected chi connectivity index (χ1v) is 47.9. The first-order chi connectivity index (χ1) is 63.6. The average Bonchev–Trinajstić information content (AvgIpc) is 1.61. The summed E-state index contributed by atoms with van der Waals surface area (Å²) in [5.74, 6) is 1.25. The zero-order valence-electron chi connectivity index (χ0n) is 75.2. The third kappa shape index (κ3) is 26.4. The summed E-state index contributed by atoms with van der Waals surface area (Å²) in [5.41, 5.74) is 42.3. The molecule has 1 atom stereocenters. The average molecular weight is 1900 g/mol. The number of epoxide rings is 1. The molecule has 0 amide bonds. The van der Waals surface area contributed by atoms with Crippen molar-refractivity contribution in [1.29, 1.82) is 0 Å². The Labute approximate surface area is 812 Å². The van der Waals surface area contributed by atoms with Gasteiger partial charge in [0, 0.05) is 75.1 Å². The van der Waals surface area contributed by atoms with Gasteiger partial charge in [0.1, 0.15) is 54.5 Å². The van der Waals surface area contributed by atoms with E-state index in [-0.39, 0.29) is 95.6 Å². The number of hydrogen-bond acceptors (Lipinski definition) is 15. The quantitative estimate of drug-likeness (QED) is 0.00509. The fourth-order valence-electron chi connectivity index (χ4n) is 15.1. The third-order valence-electron chi connectivity index (χ3n) is 21.2. The predicted molar refractivity (Wildman–Crippen MR) is 533 cm³/mol. The van der Waals surface area contributed by atoms with Crippen LogP contribution in [0.4, 0.5) is 13.2 Å². The van der Waals surface area contributed by atoms with Crippen LogP contribution >= 0.6 is 53.5 Å². The van der Waals surface area contributed by atoms with Gasteiger partial charge in [-0.1, -0.05) is 187 Å². The Bertz CT molecular complexity index is 6840. The molecular weight excluding hydrogens is 1810 g/mol. The summed E-state index contributed by atoms with van der Waals surface area (Å²) in [6, 6.07) is 88.2. The molecule has 1 unspecified atom stereocenters. The molecule has 1 aliphatic rings. The molecule has 0 aliphatic carbocycles. The molecule has 3 aromatic heterocycles. The summed E-state index contributed by atoms with van der Waals surface area (Å²) in [6.45, 7) is 20.8. The third-order valence-corrected chi connectivity index (χ3v) is 28.8. The summed E-state index contributed by atoms with van der Waals surface area (Å²) in [6.07, 6.45) is 0.400. The molecule has 16 aromatic rings. The number of rotatable bonds is 26. The number of fused-ring (bicyclic) bond motifs is 3. The maximum absolute atomic E-state index is 14.0. The van der Waals surface area contributed by atoms with Crippen molar-refractivity contribution in [1.82, 2.24) is 0 Å². The van der Waals surface area contributed by atoms with Crippen molar-refractivity contribution < 1.29 is 88.7 Å². The Balaban J connectivity index is 0.000000169. The number of alkyl halides is 1. The van der Waals surface area contributed by atoms with Crippen LogP contribution in [0.2, 0.25) is 0 Å². The zero-order chi connectivity index (χ0) is 94.3. The van der Waals surface area contributed by atoms with E-state index in [1.165, 1.54) is 103 Å². The molecule has 0 bridgehead atoms. The number of nitrogens with two attached hydrogens (primary N) is 1. The number of hydrogen-bond donors (Lipinski definition) is 1. The normalized spacial score (nSPS) is 11.7. The van der Waals surface area contributed by atoms with Crippen molar-refractivity contribution in [3.63, 3.8) is 0 Å². The van der Waals surface area contributed by atoms with E-state index in [1.807, 2.05) is 113 Å². The van der Waals surface area contributed by atoms with Crippen molar-refractivity contribution in [3.8, 4) is 50.6 Å². The van der Waals surface area contributed by atoms with E-state index in [0.717, 1.165) is 98.2 Å². The number of carbonyl (C=O) groups is 3. The standard InChI is InChI=1S/C33H29FO5S2.C26H22FN3O2S.C26H24FNO2S.C18H15P.C3H5ClO.N3.Na/c1-20-5-12-27(13-6-20)41(36,37)39-16-15-38-26-10-8-24(9-11-26)31-28-14-7-21(2)17-29(28)40-33(31)32(35)30-22(3)18-25(34)19-23(30)4;1-15-4-9-21-22(12-15)33-26(25(31)23-16(2)13-19(27)14-17(23)3)24(21)18-5-7-20(8-6-18)32-11-10-29-30-28;1-15-4-9-21-22(12-15)31-26(25(29)23-16(2)13-19(27)14-17(23)3)24(21)18-5-7-20(8-6-18)30-11-10-28;1-4-10-16(11-5-1)19(17-12-6-2-7-13-17)18-14-8-3-9-15-18;4-1-3-2-5-3;1-3-2;/h5-14,17-19H,15-16H2,1-4H3;4-9,12-14H,10-11H2,1-3H3;4-9,12-14H,10-11,28H2,1-3H3;1-15H;3H,1-2H2;;/q;;;;;-1;+1. The predicted octanol–water partition coefficient (Wildman–Crippen LogP) is 23.6. The first kappa shape index (κ1) is 102. The number of ketones is 3. The van der Waals surface area contributed by atoms with Crippen LogP contribution in [-0.2, 0) is 19.0 Å². The maximum Gasteiger partial charge on any atom is 1.00 e. The van der Waals surface area contributed by atoms with E-state index >= 15 is 0 Å². The van der Waals surface area contributed by atoms with E-state index in [0.29, 0.717) is 101 Å². The fourth-order valence-corrected chi connectivity index (χ4v) is 22.3. The molecule has 0 spiro atoms. The number of halogens is 4. The van der Waals surface area contributed by atoms with Gasteiger partial charge in [0.05, 0.1) is 51.3 Å². The molecule has 1 saturated heterocycles. The monoisotopic (exact) mass is 1900 g/mol. The van der Waals surface area contributed by atoms with Gasteiger partial charge in [-0.2, -0.15) is 8.42 Å². The Morgan fingerprint density at radius 1 is 0.436 bits per heavy atom. The van der Waals surface area contributed by atoms with Gasteiger partial charge < -0.3 is 35.7 Å². The fraction of sp³-hybridized carbons (Fsp3) is 0.179. The second kappa shape index (κ2) is 48.2. The number of nitrogens with zero attached hydrogens (tertiary/aromatic N) is 6. The largest absolute Gasteiger partial charge is 1.00 e. The van der Waals surface area contributed by atoms with Gasteiger partial charge in [-0.3, -0.25) is 23.5 Å². The molecule has 4 heterocycles. The summed E-state index contributed by atoms with van der Waals surface area (Å²) in [4.78, 5) is 47.5. The van der Waals surface area contributed by atoms with E-state index in [1.54, 1.807) is 65.8 Å². The minimum atomic E-state index is -3.87. The summed E-state index contributed by atoms with van der Waals surface area (Å²) >= 11 is 9.65. The zero-order valence-corrected chi connectivity index (χ0v) is 82.1. The minimum Gasteiger partial charge on any atom is -0.493 e. The Kier molecular flexibility index (Phi) is 36.8. The Morgan fingerprint density at radius 2 is 0.737 bits per heavy atom. The Morgan fingerprint density at radius 3 is 1.02 bits per heavy atom. The Hall–Kier alpha value is -11.9. The van der Waals surface area contributed by atoms with Crippen LogP contribution in [0.1, 0.15) is 101 Å². The van der Waals surface area contributed by atoms with Crippen molar-refractivity contribution in [2.45, 2.75) is 80.2 Å². The van der Waals surface area contributed by atoms with Crippen LogP contribution in [0, 0.1) is 86.7 Å². The summed E-state index contributed by atoms with van der Waals surface area (Å²) < 4.78 is 96.3. The number of benzene rings is 13. The summed E-state index contributed by atoms with van der Waals surface area (Å²) in [5, 5.41) is 10.7. The van der Waals surface area contributed by atoms with Gasteiger partial charge in [0.15, 0.2) is 0 Å². The van der Waals surface area contributed by atoms with Gasteiger partial charge in [-0.25, -0.2) is 13.2 Å². The van der Waals surface area contributed by atoms with Crippen molar-refractivity contribution >= 4 is 127 Å². The number of aryl methyl sites for hydroxylation is 10. The molecule has 0 radical (unpaired) electrons. The van der Waals surface area contributed by atoms with E-state index in [4.69, 9.17) is 57.1 Å². The minimum absolute atomic E-state index is 0. The van der Waals surface area contributed by atoms with Crippen LogP contribution in [-0.4, -0.2) is 83.9 Å². The van der Waals surface area contributed by atoms with Gasteiger partial charge in [0.2, 0.25) is 17.3 Å². The number of thiophene rings is 3. The van der Waals surface area contributed by atoms with Gasteiger partial charge in [-0.05, 0) is 268 Å². The molecule has 1 aliphatic heterocycles. The van der Waals surface area contributed by atoms with E-state index in [2.05, 4.69) is 131 Å². The van der Waals surface area contributed by atoms with Crippen LogP contribution in [0.3, 0.4) is 0 Å². The topological polar surface area (TPSA) is 268 Å². The van der Waals surface area contributed by atoms with Crippen LogP contribution in [0.5, 0.6) is 17.2 Å². The molecule has 0 saturated carbocycles. The van der Waals surface area contributed by atoms with E-state index in [9.17, 15) is 36.0 Å². The molecule has 1 fully saturated rings. The number of ether oxygens (including phenoxy) is 4.